The smallest absolute Gasteiger partial charge is 0.462 e. The maximum absolute atomic E-state index is 13.0. The molecule has 0 heterocycles. The van der Waals surface area contributed by atoms with Gasteiger partial charge in [0, 0.05) is 25.7 Å². The summed E-state index contributed by atoms with van der Waals surface area (Å²) in [5.74, 6) is -0.579. The Bertz CT molecular complexity index is 1700. The zero-order valence-corrected chi connectivity index (χ0v) is 58.1. The Kier molecular flexibility index (Phi) is 59.0. The molecule has 5 atom stereocenters. The molecule has 0 aliphatic carbocycles. The van der Waals surface area contributed by atoms with Crippen molar-refractivity contribution in [2.45, 2.75) is 362 Å². The fourth-order valence-electron chi connectivity index (χ4n) is 10.2. The first kappa shape index (κ1) is 85.1. The number of aliphatic hydroxyl groups excluding tert-OH is 1. The molecule has 516 valence electrons. The van der Waals surface area contributed by atoms with Gasteiger partial charge in [-0.15, -0.1) is 0 Å². The van der Waals surface area contributed by atoms with E-state index in [-0.39, 0.29) is 25.7 Å². The maximum Gasteiger partial charge on any atom is 0.472 e. The van der Waals surface area contributed by atoms with Crippen LogP contribution in [-0.4, -0.2) is 96.7 Å². The number of unbranched alkanes of at least 4 members (excludes halogenated alkanes) is 37. The highest BCUT2D eigenvalue weighted by molar-refractivity contribution is 7.47. The van der Waals surface area contributed by atoms with Crippen LogP contribution in [0.4, 0.5) is 0 Å². The molecule has 87 heavy (non-hydrogen) atoms. The van der Waals surface area contributed by atoms with E-state index in [1.165, 1.54) is 154 Å². The van der Waals surface area contributed by atoms with Gasteiger partial charge in [0.25, 0.3) is 0 Å². The summed E-state index contributed by atoms with van der Waals surface area (Å²) in [6, 6.07) is 0. The van der Waals surface area contributed by atoms with Crippen LogP contribution in [-0.2, 0) is 65.4 Å². The lowest BCUT2D eigenvalue weighted by molar-refractivity contribution is -0.161. The minimum Gasteiger partial charge on any atom is -0.462 e. The predicted octanol–water partition coefficient (Wildman–Crippen LogP) is 19.2. The normalized spacial score (nSPS) is 14.2. The van der Waals surface area contributed by atoms with Crippen molar-refractivity contribution in [1.29, 1.82) is 0 Å². The van der Waals surface area contributed by atoms with E-state index in [0.29, 0.717) is 25.7 Å². The molecule has 0 saturated heterocycles. The summed E-state index contributed by atoms with van der Waals surface area (Å²) in [5.41, 5.74) is 0. The third-order valence-electron chi connectivity index (χ3n) is 15.7. The van der Waals surface area contributed by atoms with E-state index in [2.05, 4.69) is 41.5 Å². The Hall–Kier alpha value is -1.94. The number of phosphoric ester groups is 2. The van der Waals surface area contributed by atoms with Crippen LogP contribution >= 0.6 is 15.6 Å². The molecule has 0 bridgehead atoms. The summed E-state index contributed by atoms with van der Waals surface area (Å²) >= 11 is 0. The van der Waals surface area contributed by atoms with Crippen LogP contribution in [0.5, 0.6) is 0 Å². The topological polar surface area (TPSA) is 237 Å². The number of rotatable bonds is 67. The number of hydrogen-bond acceptors (Lipinski definition) is 15. The number of phosphoric acid groups is 2. The van der Waals surface area contributed by atoms with Crippen molar-refractivity contribution >= 4 is 39.5 Å². The van der Waals surface area contributed by atoms with Gasteiger partial charge in [-0.25, -0.2) is 9.13 Å². The Morgan fingerprint density at radius 3 is 0.782 bits per heavy atom. The van der Waals surface area contributed by atoms with Gasteiger partial charge >= 0.3 is 39.5 Å². The highest BCUT2D eigenvalue weighted by Gasteiger charge is 2.30. The van der Waals surface area contributed by atoms with E-state index in [9.17, 15) is 43.2 Å². The summed E-state index contributed by atoms with van der Waals surface area (Å²) < 4.78 is 68.0. The van der Waals surface area contributed by atoms with Gasteiger partial charge < -0.3 is 33.8 Å². The van der Waals surface area contributed by atoms with Crippen LogP contribution in [0.1, 0.15) is 343 Å². The Morgan fingerprint density at radius 1 is 0.310 bits per heavy atom. The minimum absolute atomic E-state index is 0.106. The second-order valence-corrected chi connectivity index (χ2v) is 28.4. The largest absolute Gasteiger partial charge is 0.472 e. The molecule has 0 aliphatic rings. The average Bonchev–Trinajstić information content (AvgIpc) is 3.58. The standard InChI is InChI=1S/C68H132O17P2/c1-7-9-11-13-14-15-16-23-29-34-40-46-52-67(72)84-63(56-78-65(70)50-44-36-12-10-8-2)58-82-86(74,75)80-54-62(69)55-81-87(76,77)83-59-64(57-79-66(71)51-45-39-33-28-25-20-22-27-32-38-43-49-61(5)6)85-68(73)53-47-41-35-30-24-19-17-18-21-26-31-37-42-48-60(3)4/h60-64,69H,7-59H2,1-6H3,(H,74,75)(H,76,77)/t62-,63+,64+/m0/s1. The van der Waals surface area contributed by atoms with Gasteiger partial charge in [-0.1, -0.05) is 292 Å². The first-order valence-electron chi connectivity index (χ1n) is 35.5. The summed E-state index contributed by atoms with van der Waals surface area (Å²) in [6.45, 7) is 9.47. The molecule has 17 nitrogen and oxygen atoms in total. The average molecular weight is 1280 g/mol. The second kappa shape index (κ2) is 60.3. The molecule has 0 amide bonds. The van der Waals surface area contributed by atoms with E-state index in [1.54, 1.807) is 0 Å². The van der Waals surface area contributed by atoms with E-state index in [1.807, 2.05) is 0 Å². The molecular formula is C68H132O17P2. The first-order chi connectivity index (χ1) is 41.9. The zero-order valence-electron chi connectivity index (χ0n) is 56.3. The molecule has 3 N–H and O–H groups in total. The Morgan fingerprint density at radius 2 is 0.529 bits per heavy atom. The summed E-state index contributed by atoms with van der Waals surface area (Å²) in [5, 5.41) is 10.5. The lowest BCUT2D eigenvalue weighted by Gasteiger charge is -2.21. The zero-order chi connectivity index (χ0) is 64.3. The Labute approximate surface area is 530 Å². The minimum atomic E-state index is -4.95. The van der Waals surface area contributed by atoms with E-state index in [4.69, 9.17) is 37.0 Å². The molecule has 0 radical (unpaired) electrons. The third kappa shape index (κ3) is 62.6. The molecule has 0 spiro atoms. The third-order valence-corrected chi connectivity index (χ3v) is 17.6. The number of ether oxygens (including phenoxy) is 4. The molecule has 0 fully saturated rings. The van der Waals surface area contributed by atoms with Crippen molar-refractivity contribution in [2.75, 3.05) is 39.6 Å². The van der Waals surface area contributed by atoms with E-state index in [0.717, 1.165) is 108 Å². The highest BCUT2D eigenvalue weighted by Crippen LogP contribution is 2.45. The second-order valence-electron chi connectivity index (χ2n) is 25.5. The van der Waals surface area contributed by atoms with Gasteiger partial charge in [0.1, 0.15) is 19.3 Å². The van der Waals surface area contributed by atoms with Gasteiger partial charge in [0.15, 0.2) is 12.2 Å². The Balaban J connectivity index is 5.17. The van der Waals surface area contributed by atoms with Crippen LogP contribution in [0.3, 0.4) is 0 Å². The van der Waals surface area contributed by atoms with E-state index < -0.39 is 97.5 Å². The number of hydrogen-bond donors (Lipinski definition) is 3. The van der Waals surface area contributed by atoms with Crippen molar-refractivity contribution < 1.29 is 80.2 Å². The monoisotopic (exact) mass is 1280 g/mol. The fraction of sp³-hybridized carbons (Fsp3) is 0.941. The van der Waals surface area contributed by atoms with Gasteiger partial charge in [-0.3, -0.25) is 37.3 Å². The van der Waals surface area contributed by atoms with Crippen LogP contribution < -0.4 is 0 Å². The predicted molar refractivity (Wildman–Crippen MR) is 349 cm³/mol. The van der Waals surface area contributed by atoms with Crippen LogP contribution in [0, 0.1) is 11.8 Å². The molecule has 19 heteroatoms. The van der Waals surface area contributed by atoms with Crippen molar-refractivity contribution in [1.82, 2.24) is 0 Å². The molecule has 0 saturated carbocycles. The first-order valence-corrected chi connectivity index (χ1v) is 38.5. The maximum atomic E-state index is 13.0. The van der Waals surface area contributed by atoms with Gasteiger partial charge in [0.2, 0.25) is 0 Å². The summed E-state index contributed by atoms with van der Waals surface area (Å²) in [4.78, 5) is 72.2. The lowest BCUT2D eigenvalue weighted by Crippen LogP contribution is -2.30. The quantitative estimate of drug-likeness (QED) is 0.0222. The highest BCUT2D eigenvalue weighted by atomic mass is 31.2. The summed E-state index contributed by atoms with van der Waals surface area (Å²) in [6.07, 6.45) is 44.7. The van der Waals surface area contributed by atoms with Gasteiger partial charge in [-0.2, -0.15) is 0 Å². The van der Waals surface area contributed by atoms with Crippen molar-refractivity contribution in [3.05, 3.63) is 0 Å². The SMILES string of the molecule is CCCCCCCCCCCCCCC(=O)O[C@H](COC(=O)CCCCCCC)COP(=O)(O)OC[C@H](O)COP(=O)(O)OC[C@@H](COC(=O)CCCCCCCCCCCCCC(C)C)OC(=O)CCCCCCCCCCCCCCCC(C)C. The molecule has 0 aromatic carbocycles. The van der Waals surface area contributed by atoms with Crippen LogP contribution in [0.2, 0.25) is 0 Å². The molecule has 0 aromatic heterocycles. The fourth-order valence-corrected chi connectivity index (χ4v) is 11.8. The van der Waals surface area contributed by atoms with Crippen molar-refractivity contribution in [3.63, 3.8) is 0 Å². The number of carbonyl (C=O) groups excluding carboxylic acids is 4. The van der Waals surface area contributed by atoms with Crippen molar-refractivity contribution in [2.24, 2.45) is 11.8 Å². The van der Waals surface area contributed by atoms with E-state index >= 15 is 0 Å². The molecule has 0 rings (SSSR count). The summed E-state index contributed by atoms with van der Waals surface area (Å²) in [7, 11) is -9.89. The van der Waals surface area contributed by atoms with Crippen LogP contribution in [0.15, 0.2) is 0 Å². The molecule has 0 aromatic rings. The number of carbonyl (C=O) groups is 4. The molecule has 0 aliphatic heterocycles. The molecular weight excluding hydrogens is 1150 g/mol. The number of aliphatic hydroxyl groups is 1. The number of esters is 4. The molecule has 2 unspecified atom stereocenters. The van der Waals surface area contributed by atoms with Gasteiger partial charge in [0.05, 0.1) is 26.4 Å². The van der Waals surface area contributed by atoms with Crippen LogP contribution in [0.25, 0.3) is 0 Å². The lowest BCUT2D eigenvalue weighted by atomic mass is 10.0. The van der Waals surface area contributed by atoms with Crippen molar-refractivity contribution in [3.8, 4) is 0 Å². The van der Waals surface area contributed by atoms with Gasteiger partial charge in [-0.05, 0) is 37.5 Å².